The van der Waals surface area contributed by atoms with E-state index >= 15 is 0 Å². The van der Waals surface area contributed by atoms with E-state index in [1.165, 1.54) is 18.6 Å². The van der Waals surface area contributed by atoms with Gasteiger partial charge in [-0.1, -0.05) is 27.7 Å². The van der Waals surface area contributed by atoms with Gasteiger partial charge in [0, 0.05) is 17.7 Å². The van der Waals surface area contributed by atoms with Crippen LogP contribution in [0, 0.1) is 11.3 Å². The molecule has 0 saturated carbocycles. The first kappa shape index (κ1) is 8.76. The van der Waals surface area contributed by atoms with Gasteiger partial charge in [0.05, 0.1) is 0 Å². The third kappa shape index (κ3) is 1.82. The Bertz CT molecular complexity index is 166. The van der Waals surface area contributed by atoms with Crippen molar-refractivity contribution in [1.29, 1.82) is 0 Å². The lowest BCUT2D eigenvalue weighted by atomic mass is 9.76. The normalized spacial score (nSPS) is 23.5. The summed E-state index contributed by atoms with van der Waals surface area (Å²) in [5.74, 6) is 0.630. The summed E-state index contributed by atoms with van der Waals surface area (Å²) < 4.78 is 0. The van der Waals surface area contributed by atoms with Crippen molar-refractivity contribution in [2.24, 2.45) is 16.3 Å². The van der Waals surface area contributed by atoms with Crippen LogP contribution < -0.4 is 0 Å². The molecule has 0 aromatic rings. The van der Waals surface area contributed by atoms with E-state index in [-0.39, 0.29) is 0 Å². The Morgan fingerprint density at radius 2 is 2.00 bits per heavy atom. The summed E-state index contributed by atoms with van der Waals surface area (Å²) in [5.41, 5.74) is 1.79. The van der Waals surface area contributed by atoms with Crippen LogP contribution in [-0.2, 0) is 0 Å². The lowest BCUT2D eigenvalue weighted by Gasteiger charge is -2.32. The Kier molecular flexibility index (Phi) is 2.36. The number of nitrogens with zero attached hydrogens (tertiary/aromatic N) is 1. The van der Waals surface area contributed by atoms with E-state index in [1.54, 1.807) is 0 Å². The van der Waals surface area contributed by atoms with E-state index in [4.69, 9.17) is 0 Å². The van der Waals surface area contributed by atoms with Crippen LogP contribution in [0.5, 0.6) is 0 Å². The predicted molar refractivity (Wildman–Crippen MR) is 50.2 cm³/mol. The van der Waals surface area contributed by atoms with Crippen molar-refractivity contribution >= 4 is 5.71 Å². The average Bonchev–Trinajstić information content (AvgIpc) is 1.85. The first-order chi connectivity index (χ1) is 5.04. The van der Waals surface area contributed by atoms with E-state index < -0.39 is 0 Å². The molecule has 0 amide bonds. The maximum Gasteiger partial charge on any atom is 0.0389 e. The summed E-state index contributed by atoms with van der Waals surface area (Å²) in [7, 11) is 0. The Morgan fingerprint density at radius 1 is 1.36 bits per heavy atom. The van der Waals surface area contributed by atoms with Crippen LogP contribution in [0.4, 0.5) is 0 Å². The third-order valence-electron chi connectivity index (χ3n) is 2.48. The van der Waals surface area contributed by atoms with Crippen molar-refractivity contribution in [2.75, 3.05) is 6.54 Å². The topological polar surface area (TPSA) is 12.4 Å². The summed E-state index contributed by atoms with van der Waals surface area (Å²) in [4.78, 5) is 4.60. The molecule has 0 spiro atoms. The molecule has 1 heterocycles. The van der Waals surface area contributed by atoms with E-state index in [2.05, 4.69) is 32.7 Å². The quantitative estimate of drug-likeness (QED) is 0.549. The predicted octanol–water partition coefficient (Wildman–Crippen LogP) is 2.90. The minimum atomic E-state index is 0.367. The first-order valence-corrected chi connectivity index (χ1v) is 4.59. The Balaban J connectivity index is 2.80. The van der Waals surface area contributed by atoms with Gasteiger partial charge in [-0.15, -0.1) is 0 Å². The van der Waals surface area contributed by atoms with Crippen LogP contribution in [0.1, 0.15) is 40.5 Å². The number of aliphatic imine (C=N–C) groups is 1. The molecule has 0 fully saturated rings. The van der Waals surface area contributed by atoms with Crippen LogP contribution in [0.3, 0.4) is 0 Å². The Hall–Kier alpha value is -0.330. The van der Waals surface area contributed by atoms with Crippen molar-refractivity contribution in [3.63, 3.8) is 0 Å². The highest BCUT2D eigenvalue weighted by atomic mass is 14.8. The molecule has 0 bridgehead atoms. The van der Waals surface area contributed by atoms with Gasteiger partial charge < -0.3 is 0 Å². The van der Waals surface area contributed by atoms with Crippen LogP contribution in [0.25, 0.3) is 0 Å². The van der Waals surface area contributed by atoms with Crippen LogP contribution >= 0.6 is 0 Å². The summed E-state index contributed by atoms with van der Waals surface area (Å²) in [6.45, 7) is 10.2. The SMILES string of the molecule is CC(C)C1=NCCCC1(C)C. The minimum absolute atomic E-state index is 0.367. The highest BCUT2D eigenvalue weighted by molar-refractivity contribution is 5.91. The molecule has 1 aliphatic heterocycles. The second-order valence-corrected chi connectivity index (χ2v) is 4.41. The van der Waals surface area contributed by atoms with Crippen LogP contribution in [0.15, 0.2) is 4.99 Å². The highest BCUT2D eigenvalue weighted by Crippen LogP contribution is 2.31. The molecule has 1 rings (SSSR count). The van der Waals surface area contributed by atoms with Gasteiger partial charge in [0.1, 0.15) is 0 Å². The van der Waals surface area contributed by atoms with Gasteiger partial charge in [0.15, 0.2) is 0 Å². The van der Waals surface area contributed by atoms with E-state index in [1.807, 2.05) is 0 Å². The van der Waals surface area contributed by atoms with E-state index in [9.17, 15) is 0 Å². The molecule has 1 heteroatoms. The standard InChI is InChI=1S/C10H19N/c1-8(2)9-10(3,4)6-5-7-11-9/h8H,5-7H2,1-4H3. The fourth-order valence-electron chi connectivity index (χ4n) is 2.03. The van der Waals surface area contributed by atoms with Crippen LogP contribution in [0.2, 0.25) is 0 Å². The zero-order valence-corrected chi connectivity index (χ0v) is 8.15. The second-order valence-electron chi connectivity index (χ2n) is 4.41. The molecule has 0 radical (unpaired) electrons. The molecule has 0 N–H and O–H groups in total. The maximum atomic E-state index is 4.60. The molecule has 0 aliphatic carbocycles. The monoisotopic (exact) mass is 153 g/mol. The van der Waals surface area contributed by atoms with Crippen LogP contribution in [-0.4, -0.2) is 12.3 Å². The van der Waals surface area contributed by atoms with Gasteiger partial charge in [-0.3, -0.25) is 4.99 Å². The van der Waals surface area contributed by atoms with Gasteiger partial charge in [-0.05, 0) is 18.8 Å². The fraction of sp³-hybridized carbons (Fsp3) is 0.900. The lowest BCUT2D eigenvalue weighted by molar-refractivity contribution is 0.420. The van der Waals surface area contributed by atoms with Gasteiger partial charge in [0.2, 0.25) is 0 Å². The van der Waals surface area contributed by atoms with Crippen molar-refractivity contribution in [3.05, 3.63) is 0 Å². The third-order valence-corrected chi connectivity index (χ3v) is 2.48. The molecular weight excluding hydrogens is 134 g/mol. The van der Waals surface area contributed by atoms with Crippen molar-refractivity contribution in [1.82, 2.24) is 0 Å². The minimum Gasteiger partial charge on any atom is -0.293 e. The molecule has 64 valence electrons. The largest absolute Gasteiger partial charge is 0.293 e. The second kappa shape index (κ2) is 2.96. The van der Waals surface area contributed by atoms with E-state index in [0.717, 1.165) is 6.54 Å². The van der Waals surface area contributed by atoms with Gasteiger partial charge in [-0.25, -0.2) is 0 Å². The molecule has 1 aliphatic rings. The molecule has 0 aromatic heterocycles. The van der Waals surface area contributed by atoms with E-state index in [0.29, 0.717) is 11.3 Å². The average molecular weight is 153 g/mol. The Labute approximate surface area is 69.9 Å². The summed E-state index contributed by atoms with van der Waals surface area (Å²) in [6, 6.07) is 0. The van der Waals surface area contributed by atoms with Gasteiger partial charge in [0.25, 0.3) is 0 Å². The zero-order chi connectivity index (χ0) is 8.48. The van der Waals surface area contributed by atoms with Gasteiger partial charge in [-0.2, -0.15) is 0 Å². The summed E-state index contributed by atoms with van der Waals surface area (Å²) in [6.07, 6.45) is 2.58. The molecule has 0 unspecified atom stereocenters. The molecular formula is C10H19N. The molecule has 1 nitrogen and oxygen atoms in total. The summed E-state index contributed by atoms with van der Waals surface area (Å²) in [5, 5.41) is 0. The molecule has 0 aromatic carbocycles. The van der Waals surface area contributed by atoms with Gasteiger partial charge >= 0.3 is 0 Å². The summed E-state index contributed by atoms with van der Waals surface area (Å²) >= 11 is 0. The fourth-order valence-corrected chi connectivity index (χ4v) is 2.03. The Morgan fingerprint density at radius 3 is 2.36 bits per heavy atom. The first-order valence-electron chi connectivity index (χ1n) is 4.59. The lowest BCUT2D eigenvalue weighted by Crippen LogP contribution is -2.32. The molecule has 0 atom stereocenters. The number of hydrogen-bond donors (Lipinski definition) is 0. The smallest absolute Gasteiger partial charge is 0.0389 e. The molecule has 11 heavy (non-hydrogen) atoms. The van der Waals surface area contributed by atoms with Crippen molar-refractivity contribution in [2.45, 2.75) is 40.5 Å². The highest BCUT2D eigenvalue weighted by Gasteiger charge is 2.28. The number of hydrogen-bond acceptors (Lipinski definition) is 1. The van der Waals surface area contributed by atoms with Crippen molar-refractivity contribution < 1.29 is 0 Å². The zero-order valence-electron chi connectivity index (χ0n) is 8.15. The maximum absolute atomic E-state index is 4.60. The van der Waals surface area contributed by atoms with Crippen molar-refractivity contribution in [3.8, 4) is 0 Å². The number of rotatable bonds is 1. The molecule has 0 saturated heterocycles.